The van der Waals surface area contributed by atoms with Gasteiger partial charge in [0, 0.05) is 24.0 Å². The molecular formula is C19H17Cl2N3O2. The van der Waals surface area contributed by atoms with Crippen molar-refractivity contribution in [1.29, 1.82) is 0 Å². The van der Waals surface area contributed by atoms with Gasteiger partial charge in [-0.3, -0.25) is 4.79 Å². The highest BCUT2D eigenvalue weighted by Crippen LogP contribution is 2.65. The molecule has 3 fully saturated rings. The average molecular weight is 390 g/mol. The fourth-order valence-electron chi connectivity index (χ4n) is 4.57. The zero-order valence-corrected chi connectivity index (χ0v) is 15.5. The molecule has 1 N–H and O–H groups in total. The smallest absolute Gasteiger partial charge is 0.230 e. The topological polar surface area (TPSA) is 64.1 Å². The van der Waals surface area contributed by atoms with Crippen LogP contribution in [0.25, 0.3) is 0 Å². The number of amides is 1. The first-order chi connectivity index (χ1) is 12.5. The summed E-state index contributed by atoms with van der Waals surface area (Å²) in [5.74, 6) is 1.50. The number of nitrogens with one attached hydrogen (secondary N) is 1. The van der Waals surface area contributed by atoms with Crippen LogP contribution in [0.3, 0.4) is 0 Å². The van der Waals surface area contributed by atoms with Gasteiger partial charge in [-0.25, -0.2) is 9.97 Å². The predicted molar refractivity (Wildman–Crippen MR) is 98.3 cm³/mol. The highest BCUT2D eigenvalue weighted by atomic mass is 35.5. The Labute approximate surface area is 161 Å². The Morgan fingerprint density at radius 3 is 2.62 bits per heavy atom. The van der Waals surface area contributed by atoms with Crippen LogP contribution < -0.4 is 5.32 Å². The monoisotopic (exact) mass is 389 g/mol. The fourth-order valence-corrected chi connectivity index (χ4v) is 4.87. The largest absolute Gasteiger partial charge is 0.373 e. The lowest BCUT2D eigenvalue weighted by atomic mass is 9.75. The molecule has 6 atom stereocenters. The van der Waals surface area contributed by atoms with E-state index in [1.807, 2.05) is 19.3 Å². The summed E-state index contributed by atoms with van der Waals surface area (Å²) in [6.45, 7) is 1.85. The lowest BCUT2D eigenvalue weighted by molar-refractivity contribution is -0.122. The number of hydrogen-bond donors (Lipinski definition) is 1. The second-order valence-corrected chi connectivity index (χ2v) is 8.18. The Kier molecular flexibility index (Phi) is 3.75. The van der Waals surface area contributed by atoms with Crippen molar-refractivity contribution < 1.29 is 9.53 Å². The molecule has 2 saturated heterocycles. The number of fused-ring (bicyclic) bond motifs is 5. The minimum atomic E-state index is -0.246. The van der Waals surface area contributed by atoms with E-state index in [1.54, 1.807) is 18.2 Å². The number of nitrogens with zero attached hydrogens (tertiary/aromatic N) is 2. The third-order valence-electron chi connectivity index (χ3n) is 5.82. The number of aryl methyl sites for hydroxylation is 1. The molecule has 0 unspecified atom stereocenters. The van der Waals surface area contributed by atoms with E-state index in [-0.39, 0.29) is 30.0 Å². The molecule has 1 aromatic heterocycles. The van der Waals surface area contributed by atoms with Crippen molar-refractivity contribution in [2.75, 3.05) is 5.32 Å². The summed E-state index contributed by atoms with van der Waals surface area (Å²) in [6, 6.07) is 5.10. The van der Waals surface area contributed by atoms with Gasteiger partial charge in [0.1, 0.15) is 5.82 Å². The second-order valence-electron chi connectivity index (χ2n) is 7.36. The number of anilines is 1. The van der Waals surface area contributed by atoms with Crippen molar-refractivity contribution >= 4 is 34.8 Å². The zero-order valence-electron chi connectivity index (χ0n) is 14.0. The Hall–Kier alpha value is -1.69. The average Bonchev–Trinajstić information content (AvgIpc) is 3.24. The number of carbonyl (C=O) groups excluding carboxylic acids is 1. The van der Waals surface area contributed by atoms with E-state index in [1.165, 1.54) is 0 Å². The van der Waals surface area contributed by atoms with E-state index in [2.05, 4.69) is 15.3 Å². The predicted octanol–water partition coefficient (Wildman–Crippen LogP) is 3.85. The SMILES string of the molecule is Cc1ncc([C@H]2[C@H]3O[C@H]([C@@H]4C[C@@H]43)[C@@H]2C(=O)Nc2ccc(Cl)c(Cl)c2)cn1. The number of aromatic nitrogens is 2. The maximum atomic E-state index is 13.1. The van der Waals surface area contributed by atoms with Gasteiger partial charge in [-0.1, -0.05) is 23.2 Å². The van der Waals surface area contributed by atoms with E-state index in [9.17, 15) is 4.79 Å². The Morgan fingerprint density at radius 1 is 1.15 bits per heavy atom. The van der Waals surface area contributed by atoms with Crippen molar-refractivity contribution in [2.24, 2.45) is 17.8 Å². The maximum Gasteiger partial charge on any atom is 0.230 e. The van der Waals surface area contributed by atoms with Crippen LogP contribution in [0.15, 0.2) is 30.6 Å². The van der Waals surface area contributed by atoms with Crippen molar-refractivity contribution in [3.63, 3.8) is 0 Å². The number of carbonyl (C=O) groups is 1. The van der Waals surface area contributed by atoms with E-state index in [4.69, 9.17) is 27.9 Å². The molecule has 2 bridgehead atoms. The summed E-state index contributed by atoms with van der Waals surface area (Å²) in [7, 11) is 0. The van der Waals surface area contributed by atoms with Crippen molar-refractivity contribution in [1.82, 2.24) is 9.97 Å². The van der Waals surface area contributed by atoms with E-state index in [0.717, 1.165) is 17.8 Å². The van der Waals surface area contributed by atoms with Crippen molar-refractivity contribution in [3.8, 4) is 0 Å². The third kappa shape index (κ3) is 2.53. The molecule has 5 rings (SSSR count). The van der Waals surface area contributed by atoms with Gasteiger partial charge < -0.3 is 10.1 Å². The first-order valence-corrected chi connectivity index (χ1v) is 9.48. The Morgan fingerprint density at radius 2 is 1.88 bits per heavy atom. The summed E-state index contributed by atoms with van der Waals surface area (Å²) in [5, 5.41) is 3.86. The summed E-state index contributed by atoms with van der Waals surface area (Å²) in [6.07, 6.45) is 4.86. The third-order valence-corrected chi connectivity index (χ3v) is 6.56. The van der Waals surface area contributed by atoms with Gasteiger partial charge in [0.15, 0.2) is 0 Å². The van der Waals surface area contributed by atoms with Crippen LogP contribution in [0.5, 0.6) is 0 Å². The maximum absolute atomic E-state index is 13.1. The molecule has 1 amide bonds. The summed E-state index contributed by atoms with van der Waals surface area (Å²) in [5.41, 5.74) is 1.61. The van der Waals surface area contributed by atoms with Crippen LogP contribution in [-0.4, -0.2) is 28.1 Å². The Bertz CT molecular complexity index is 889. The second kappa shape index (κ2) is 5.91. The summed E-state index contributed by atoms with van der Waals surface area (Å²) >= 11 is 12.0. The van der Waals surface area contributed by atoms with Crippen LogP contribution in [0.4, 0.5) is 5.69 Å². The highest BCUT2D eigenvalue weighted by Gasteiger charge is 2.68. The first kappa shape index (κ1) is 16.5. The van der Waals surface area contributed by atoms with Crippen LogP contribution in [0.1, 0.15) is 23.7 Å². The number of rotatable bonds is 3. The van der Waals surface area contributed by atoms with E-state index in [0.29, 0.717) is 27.6 Å². The molecule has 3 aliphatic rings. The van der Waals surface area contributed by atoms with Crippen LogP contribution in [-0.2, 0) is 9.53 Å². The zero-order chi connectivity index (χ0) is 18.0. The molecular weight excluding hydrogens is 373 g/mol. The number of halogens is 2. The molecule has 1 saturated carbocycles. The van der Waals surface area contributed by atoms with Gasteiger partial charge >= 0.3 is 0 Å². The molecule has 3 heterocycles. The molecule has 26 heavy (non-hydrogen) atoms. The molecule has 134 valence electrons. The molecule has 0 radical (unpaired) electrons. The molecule has 2 aliphatic heterocycles. The van der Waals surface area contributed by atoms with E-state index < -0.39 is 0 Å². The molecule has 7 heteroatoms. The van der Waals surface area contributed by atoms with Gasteiger partial charge in [-0.05, 0) is 48.9 Å². The summed E-state index contributed by atoms with van der Waals surface area (Å²) < 4.78 is 6.18. The van der Waals surface area contributed by atoms with Gasteiger partial charge in [-0.2, -0.15) is 0 Å². The molecule has 0 spiro atoms. The molecule has 1 aliphatic carbocycles. The van der Waals surface area contributed by atoms with E-state index >= 15 is 0 Å². The van der Waals surface area contributed by atoms with Crippen molar-refractivity contribution in [2.45, 2.75) is 31.5 Å². The van der Waals surface area contributed by atoms with Crippen LogP contribution in [0.2, 0.25) is 10.0 Å². The number of benzene rings is 1. The summed E-state index contributed by atoms with van der Waals surface area (Å²) in [4.78, 5) is 21.7. The Balaban J connectivity index is 1.44. The first-order valence-electron chi connectivity index (χ1n) is 8.73. The van der Waals surface area contributed by atoms with Gasteiger partial charge in [0.25, 0.3) is 0 Å². The van der Waals surface area contributed by atoms with Gasteiger partial charge in [-0.15, -0.1) is 0 Å². The minimum Gasteiger partial charge on any atom is -0.373 e. The highest BCUT2D eigenvalue weighted by molar-refractivity contribution is 6.42. The number of hydrogen-bond acceptors (Lipinski definition) is 4. The fraction of sp³-hybridized carbons (Fsp3) is 0.421. The normalized spacial score (nSPS) is 33.8. The van der Waals surface area contributed by atoms with Crippen molar-refractivity contribution in [3.05, 3.63) is 52.0 Å². The molecule has 2 aromatic rings. The standard InChI is InChI=1S/C19H17Cl2N3O2/c1-8-22-6-9(7-23-8)15-16(18-12-5-11(12)17(15)26-18)19(25)24-10-2-3-13(20)14(21)4-10/h2-4,6-7,11-12,15-18H,5H2,1H3,(H,24,25)/t11-,12+,15+,16+,17-,18+/m0/s1. The van der Waals surface area contributed by atoms with Gasteiger partial charge in [0.2, 0.25) is 5.91 Å². The van der Waals surface area contributed by atoms with Crippen LogP contribution >= 0.6 is 23.2 Å². The number of ether oxygens (including phenoxy) is 1. The van der Waals surface area contributed by atoms with Crippen LogP contribution in [0, 0.1) is 24.7 Å². The lowest BCUT2D eigenvalue weighted by Crippen LogP contribution is -2.37. The molecule has 5 nitrogen and oxygen atoms in total. The minimum absolute atomic E-state index is 0.00729. The molecule has 1 aromatic carbocycles. The lowest BCUT2D eigenvalue weighted by Gasteiger charge is -2.26. The van der Waals surface area contributed by atoms with Gasteiger partial charge in [0.05, 0.1) is 28.2 Å². The quantitative estimate of drug-likeness (QED) is 0.865.